The number of rotatable bonds is 7. The molecular formula is C13H19ClO3S. The van der Waals surface area contributed by atoms with Crippen LogP contribution in [0.1, 0.15) is 26.7 Å². The zero-order valence-electron chi connectivity index (χ0n) is 10.7. The van der Waals surface area contributed by atoms with E-state index in [0.29, 0.717) is 22.9 Å². The van der Waals surface area contributed by atoms with Crippen molar-refractivity contribution in [1.82, 2.24) is 0 Å². The van der Waals surface area contributed by atoms with Crippen LogP contribution >= 0.6 is 11.6 Å². The third kappa shape index (κ3) is 4.86. The highest BCUT2D eigenvalue weighted by Crippen LogP contribution is 2.18. The molecular weight excluding hydrogens is 272 g/mol. The number of hydrogen-bond acceptors (Lipinski definition) is 3. The molecule has 0 fully saturated rings. The molecule has 0 amide bonds. The Morgan fingerprint density at radius 3 is 2.28 bits per heavy atom. The molecule has 0 aliphatic heterocycles. The molecule has 1 aromatic carbocycles. The predicted molar refractivity (Wildman–Crippen MR) is 74.2 cm³/mol. The van der Waals surface area contributed by atoms with Crippen molar-refractivity contribution in [3.05, 3.63) is 24.3 Å². The second kappa shape index (κ2) is 7.00. The maximum absolute atomic E-state index is 12.0. The fourth-order valence-corrected chi connectivity index (χ4v) is 3.06. The molecule has 0 heterocycles. The molecule has 0 spiro atoms. The van der Waals surface area contributed by atoms with Crippen LogP contribution in [0.25, 0.3) is 0 Å². The van der Waals surface area contributed by atoms with Crippen molar-refractivity contribution in [3.8, 4) is 5.75 Å². The molecule has 0 aliphatic carbocycles. The lowest BCUT2D eigenvalue weighted by molar-refractivity contribution is 0.242. The summed E-state index contributed by atoms with van der Waals surface area (Å²) >= 11 is 5.53. The van der Waals surface area contributed by atoms with Gasteiger partial charge in [0, 0.05) is 5.88 Å². The van der Waals surface area contributed by atoms with E-state index in [1.165, 1.54) is 0 Å². The van der Waals surface area contributed by atoms with Gasteiger partial charge < -0.3 is 4.74 Å². The van der Waals surface area contributed by atoms with Gasteiger partial charge >= 0.3 is 0 Å². The van der Waals surface area contributed by atoms with E-state index in [4.69, 9.17) is 16.3 Å². The molecule has 1 aromatic rings. The molecule has 0 saturated carbocycles. The predicted octanol–water partition coefficient (Wildman–Crippen LogP) is 3.27. The van der Waals surface area contributed by atoms with Gasteiger partial charge in [-0.15, -0.1) is 11.6 Å². The summed E-state index contributed by atoms with van der Waals surface area (Å²) in [5.41, 5.74) is 0. The van der Waals surface area contributed by atoms with Gasteiger partial charge in [-0.3, -0.25) is 0 Å². The summed E-state index contributed by atoms with van der Waals surface area (Å²) < 4.78 is 29.4. The Morgan fingerprint density at radius 1 is 1.17 bits per heavy atom. The van der Waals surface area contributed by atoms with Crippen molar-refractivity contribution in [2.24, 2.45) is 0 Å². The highest BCUT2D eigenvalue weighted by molar-refractivity contribution is 7.91. The van der Waals surface area contributed by atoms with Crippen molar-refractivity contribution < 1.29 is 13.2 Å². The van der Waals surface area contributed by atoms with E-state index in [1.54, 1.807) is 24.3 Å². The van der Waals surface area contributed by atoms with Gasteiger partial charge in [-0.25, -0.2) is 8.42 Å². The first-order chi connectivity index (χ1) is 8.45. The normalized spacial score (nSPS) is 11.8. The second-order valence-electron chi connectivity index (χ2n) is 4.35. The monoisotopic (exact) mass is 290 g/mol. The summed E-state index contributed by atoms with van der Waals surface area (Å²) in [6.07, 6.45) is 1.39. The summed E-state index contributed by atoms with van der Waals surface area (Å²) in [4.78, 5) is 0.341. The van der Waals surface area contributed by atoms with Crippen LogP contribution in [0.15, 0.2) is 29.2 Å². The Kier molecular flexibility index (Phi) is 5.96. The molecule has 0 radical (unpaired) electrons. The van der Waals surface area contributed by atoms with E-state index < -0.39 is 9.84 Å². The molecule has 0 aromatic heterocycles. The molecule has 3 nitrogen and oxygen atoms in total. The number of hydrogen-bond donors (Lipinski definition) is 0. The Hall–Kier alpha value is -0.740. The Balaban J connectivity index is 2.71. The summed E-state index contributed by atoms with van der Waals surface area (Å²) in [5.74, 6) is 1.32. The van der Waals surface area contributed by atoms with Crippen LogP contribution in [-0.2, 0) is 9.84 Å². The highest BCUT2D eigenvalue weighted by atomic mass is 35.5. The minimum absolute atomic E-state index is 0.0798. The van der Waals surface area contributed by atoms with Crippen molar-refractivity contribution >= 4 is 21.4 Å². The average molecular weight is 291 g/mol. The van der Waals surface area contributed by atoms with Crippen LogP contribution in [-0.4, -0.2) is 26.2 Å². The number of ether oxygens (including phenoxy) is 1. The van der Waals surface area contributed by atoms with Crippen LogP contribution in [0.4, 0.5) is 0 Å². The van der Waals surface area contributed by atoms with Crippen molar-refractivity contribution in [3.63, 3.8) is 0 Å². The zero-order valence-corrected chi connectivity index (χ0v) is 12.3. The summed E-state index contributed by atoms with van der Waals surface area (Å²) in [7, 11) is -3.19. The van der Waals surface area contributed by atoms with Crippen LogP contribution in [0.3, 0.4) is 0 Å². The van der Waals surface area contributed by atoms with Gasteiger partial charge in [0.1, 0.15) is 5.75 Å². The van der Waals surface area contributed by atoms with Crippen LogP contribution < -0.4 is 4.74 Å². The van der Waals surface area contributed by atoms with Gasteiger partial charge in [0.15, 0.2) is 9.84 Å². The summed E-state index contributed by atoms with van der Waals surface area (Å²) in [5, 5.41) is 0. The van der Waals surface area contributed by atoms with E-state index in [2.05, 4.69) is 0 Å². The standard InChI is InChI=1S/C13H19ClO3S/c1-11(2)17-12-5-7-13(8-6-12)18(15,16)10-4-3-9-14/h5-8,11H,3-4,9-10H2,1-2H3. The highest BCUT2D eigenvalue weighted by Gasteiger charge is 2.13. The van der Waals surface area contributed by atoms with Gasteiger partial charge in [0.2, 0.25) is 0 Å². The number of benzene rings is 1. The fourth-order valence-electron chi connectivity index (χ4n) is 1.50. The second-order valence-corrected chi connectivity index (χ2v) is 6.84. The minimum atomic E-state index is -3.19. The molecule has 0 saturated heterocycles. The van der Waals surface area contributed by atoms with Gasteiger partial charge in [-0.1, -0.05) is 0 Å². The minimum Gasteiger partial charge on any atom is -0.491 e. The third-order valence-electron chi connectivity index (χ3n) is 2.35. The molecule has 0 aliphatic rings. The van der Waals surface area contributed by atoms with Gasteiger partial charge in [0.05, 0.1) is 16.8 Å². The van der Waals surface area contributed by atoms with Crippen molar-refractivity contribution in [2.45, 2.75) is 37.7 Å². The number of unbranched alkanes of at least 4 members (excludes halogenated alkanes) is 1. The average Bonchev–Trinajstić information content (AvgIpc) is 2.29. The number of sulfone groups is 1. The van der Waals surface area contributed by atoms with Gasteiger partial charge in [-0.05, 0) is 51.0 Å². The Bertz CT molecular complexity index is 452. The Labute approximate surface area is 114 Å². The molecule has 5 heteroatoms. The first-order valence-corrected chi connectivity index (χ1v) is 8.20. The van der Waals surface area contributed by atoms with E-state index >= 15 is 0 Å². The molecule has 1 rings (SSSR count). The lowest BCUT2D eigenvalue weighted by Gasteiger charge is -2.10. The number of halogens is 1. The SMILES string of the molecule is CC(C)Oc1ccc(S(=O)(=O)CCCCCl)cc1. The van der Waals surface area contributed by atoms with Crippen LogP contribution in [0, 0.1) is 0 Å². The first kappa shape index (κ1) is 15.3. The summed E-state index contributed by atoms with van der Waals surface area (Å²) in [6, 6.07) is 6.56. The molecule has 102 valence electrons. The largest absolute Gasteiger partial charge is 0.491 e. The van der Waals surface area contributed by atoms with Crippen molar-refractivity contribution in [2.75, 3.05) is 11.6 Å². The first-order valence-electron chi connectivity index (χ1n) is 6.01. The van der Waals surface area contributed by atoms with E-state index in [0.717, 1.165) is 6.42 Å². The maximum Gasteiger partial charge on any atom is 0.178 e. The molecule has 18 heavy (non-hydrogen) atoms. The molecule has 0 N–H and O–H groups in total. The molecule has 0 atom stereocenters. The fraction of sp³-hybridized carbons (Fsp3) is 0.538. The lowest BCUT2D eigenvalue weighted by Crippen LogP contribution is -2.08. The van der Waals surface area contributed by atoms with E-state index in [9.17, 15) is 8.42 Å². The topological polar surface area (TPSA) is 43.4 Å². The summed E-state index contributed by atoms with van der Waals surface area (Å²) in [6.45, 7) is 3.85. The Morgan fingerprint density at radius 2 is 1.78 bits per heavy atom. The third-order valence-corrected chi connectivity index (χ3v) is 4.44. The van der Waals surface area contributed by atoms with E-state index in [-0.39, 0.29) is 11.9 Å². The van der Waals surface area contributed by atoms with Crippen molar-refractivity contribution in [1.29, 1.82) is 0 Å². The van der Waals surface area contributed by atoms with E-state index in [1.807, 2.05) is 13.8 Å². The van der Waals surface area contributed by atoms with Gasteiger partial charge in [-0.2, -0.15) is 0 Å². The number of alkyl halides is 1. The van der Waals surface area contributed by atoms with Crippen LogP contribution in [0.5, 0.6) is 5.75 Å². The molecule has 0 bridgehead atoms. The quantitative estimate of drug-likeness (QED) is 0.572. The van der Waals surface area contributed by atoms with Crippen LogP contribution in [0.2, 0.25) is 0 Å². The maximum atomic E-state index is 12.0. The molecule has 0 unspecified atom stereocenters. The smallest absolute Gasteiger partial charge is 0.178 e. The zero-order chi connectivity index (χ0) is 13.6. The van der Waals surface area contributed by atoms with Gasteiger partial charge in [0.25, 0.3) is 0 Å². The lowest BCUT2D eigenvalue weighted by atomic mass is 10.3.